The fourth-order valence-electron chi connectivity index (χ4n) is 1.04. The third-order valence-electron chi connectivity index (χ3n) is 1.92. The normalized spacial score (nSPS) is 14.9. The Morgan fingerprint density at radius 2 is 2.29 bits per heavy atom. The van der Waals surface area contributed by atoms with E-state index in [-0.39, 0.29) is 11.3 Å². The molecule has 0 radical (unpaired) electrons. The van der Waals surface area contributed by atoms with Gasteiger partial charge in [-0.15, -0.1) is 0 Å². The van der Waals surface area contributed by atoms with Crippen molar-refractivity contribution in [3.8, 4) is 5.75 Å². The second kappa shape index (κ2) is 3.81. The van der Waals surface area contributed by atoms with Crippen LogP contribution in [0.2, 0.25) is 0 Å². The fourth-order valence-corrected chi connectivity index (χ4v) is 1.04. The average Bonchev–Trinajstić information content (AvgIpc) is 2.17. The van der Waals surface area contributed by atoms with Gasteiger partial charge in [-0.25, -0.2) is 4.79 Å². The zero-order valence-electron chi connectivity index (χ0n) is 7.98. The van der Waals surface area contributed by atoms with Gasteiger partial charge in [-0.1, -0.05) is 0 Å². The highest BCUT2D eigenvalue weighted by atomic mass is 16.5. The molecule has 1 aromatic rings. The summed E-state index contributed by atoms with van der Waals surface area (Å²) in [4.78, 5) is 10.8. The number of aliphatic hydroxyl groups is 2. The van der Waals surface area contributed by atoms with E-state index in [2.05, 4.69) is 4.42 Å². The van der Waals surface area contributed by atoms with Crippen LogP contribution >= 0.6 is 0 Å². The molecule has 0 saturated carbocycles. The Bertz CT molecular complexity index is 366. The van der Waals surface area contributed by atoms with Crippen molar-refractivity contribution in [1.82, 2.24) is 0 Å². The largest absolute Gasteiger partial charge is 0.496 e. The molecule has 0 bridgehead atoms. The van der Waals surface area contributed by atoms with Crippen LogP contribution in [0.3, 0.4) is 0 Å². The lowest BCUT2D eigenvalue weighted by Gasteiger charge is -2.21. The van der Waals surface area contributed by atoms with E-state index in [1.54, 1.807) is 0 Å². The number of hydrogen-bond acceptors (Lipinski definition) is 5. The van der Waals surface area contributed by atoms with Crippen LogP contribution in [0, 0.1) is 0 Å². The summed E-state index contributed by atoms with van der Waals surface area (Å²) >= 11 is 0. The standard InChI is InChI=1S/C9H12O5/c1-9(12,5-10)6-4-14-8(11)3-7(6)13-2/h3-4,10,12H,5H2,1-2H3. The van der Waals surface area contributed by atoms with Gasteiger partial charge in [-0.2, -0.15) is 0 Å². The van der Waals surface area contributed by atoms with Crippen LogP contribution in [0.5, 0.6) is 5.75 Å². The lowest BCUT2D eigenvalue weighted by molar-refractivity contribution is -0.00569. The van der Waals surface area contributed by atoms with Crippen LogP contribution in [0.4, 0.5) is 0 Å². The minimum absolute atomic E-state index is 0.195. The van der Waals surface area contributed by atoms with Gasteiger partial charge in [0.25, 0.3) is 0 Å². The van der Waals surface area contributed by atoms with Crippen molar-refractivity contribution >= 4 is 0 Å². The van der Waals surface area contributed by atoms with E-state index < -0.39 is 17.8 Å². The molecular formula is C9H12O5. The first-order chi connectivity index (χ1) is 6.51. The third-order valence-corrected chi connectivity index (χ3v) is 1.92. The third kappa shape index (κ3) is 1.94. The van der Waals surface area contributed by atoms with Crippen molar-refractivity contribution in [2.24, 2.45) is 0 Å². The Balaban J connectivity index is 3.27. The molecule has 1 rings (SSSR count). The molecule has 0 saturated heterocycles. The monoisotopic (exact) mass is 200 g/mol. The maximum Gasteiger partial charge on any atom is 0.339 e. The second-order valence-corrected chi connectivity index (χ2v) is 3.11. The van der Waals surface area contributed by atoms with Crippen LogP contribution in [-0.4, -0.2) is 23.9 Å². The average molecular weight is 200 g/mol. The zero-order valence-corrected chi connectivity index (χ0v) is 7.98. The highest BCUT2D eigenvalue weighted by Crippen LogP contribution is 2.27. The predicted octanol–water partition coefficient (Wildman–Crippen LogP) is -0.152. The molecule has 78 valence electrons. The number of hydrogen-bond donors (Lipinski definition) is 2. The minimum Gasteiger partial charge on any atom is -0.496 e. The summed E-state index contributed by atoms with van der Waals surface area (Å²) < 4.78 is 9.47. The smallest absolute Gasteiger partial charge is 0.339 e. The van der Waals surface area contributed by atoms with Crippen molar-refractivity contribution in [3.05, 3.63) is 28.3 Å². The van der Waals surface area contributed by atoms with Crippen molar-refractivity contribution in [2.75, 3.05) is 13.7 Å². The van der Waals surface area contributed by atoms with Gasteiger partial charge < -0.3 is 19.4 Å². The summed E-state index contributed by atoms with van der Waals surface area (Å²) in [5.74, 6) is 0.195. The SMILES string of the molecule is COc1cc(=O)occ1C(C)(O)CO. The van der Waals surface area contributed by atoms with Crippen LogP contribution in [0.1, 0.15) is 12.5 Å². The minimum atomic E-state index is -1.48. The Labute approximate surface area is 80.6 Å². The maximum atomic E-state index is 10.8. The summed E-state index contributed by atoms with van der Waals surface area (Å²) in [6.07, 6.45) is 1.08. The molecule has 1 heterocycles. The van der Waals surface area contributed by atoms with Crippen molar-refractivity contribution < 1.29 is 19.4 Å². The molecule has 0 aliphatic rings. The molecule has 14 heavy (non-hydrogen) atoms. The van der Waals surface area contributed by atoms with Gasteiger partial charge in [0.2, 0.25) is 0 Å². The first-order valence-corrected chi connectivity index (χ1v) is 4.02. The van der Waals surface area contributed by atoms with Gasteiger partial charge in [0, 0.05) is 0 Å². The molecule has 5 nitrogen and oxygen atoms in total. The van der Waals surface area contributed by atoms with Gasteiger partial charge >= 0.3 is 5.63 Å². The molecule has 0 amide bonds. The predicted molar refractivity (Wildman–Crippen MR) is 48.2 cm³/mol. The van der Waals surface area contributed by atoms with Gasteiger partial charge in [0.15, 0.2) is 0 Å². The number of aliphatic hydroxyl groups excluding tert-OH is 1. The van der Waals surface area contributed by atoms with Crippen molar-refractivity contribution in [1.29, 1.82) is 0 Å². The van der Waals surface area contributed by atoms with E-state index in [1.165, 1.54) is 14.0 Å². The summed E-state index contributed by atoms with van der Waals surface area (Å²) in [5.41, 5.74) is -1.82. The number of rotatable bonds is 3. The zero-order chi connectivity index (χ0) is 10.8. The molecule has 5 heteroatoms. The molecule has 1 atom stereocenters. The Kier molecular flexibility index (Phi) is 2.93. The van der Waals surface area contributed by atoms with E-state index in [4.69, 9.17) is 9.84 Å². The van der Waals surface area contributed by atoms with Crippen molar-refractivity contribution in [3.63, 3.8) is 0 Å². The molecule has 0 aliphatic carbocycles. The van der Waals surface area contributed by atoms with E-state index in [9.17, 15) is 9.90 Å². The lowest BCUT2D eigenvalue weighted by atomic mass is 9.99. The number of ether oxygens (including phenoxy) is 1. The van der Waals surface area contributed by atoms with Gasteiger partial charge in [0.05, 0.1) is 25.3 Å². The molecule has 0 spiro atoms. The molecule has 0 aromatic carbocycles. The van der Waals surface area contributed by atoms with E-state index in [0.29, 0.717) is 0 Å². The number of methoxy groups -OCH3 is 1. The fraction of sp³-hybridized carbons (Fsp3) is 0.444. The molecule has 0 fully saturated rings. The molecule has 2 N–H and O–H groups in total. The highest BCUT2D eigenvalue weighted by molar-refractivity contribution is 5.33. The van der Waals surface area contributed by atoms with E-state index in [0.717, 1.165) is 12.3 Å². The topological polar surface area (TPSA) is 79.9 Å². The maximum absolute atomic E-state index is 10.8. The van der Waals surface area contributed by atoms with Crippen LogP contribution < -0.4 is 10.4 Å². The first kappa shape index (κ1) is 10.7. The Hall–Kier alpha value is -1.33. The van der Waals surface area contributed by atoms with Crippen LogP contribution in [0.25, 0.3) is 0 Å². The van der Waals surface area contributed by atoms with Gasteiger partial charge in [-0.3, -0.25) is 0 Å². The molecule has 1 unspecified atom stereocenters. The lowest BCUT2D eigenvalue weighted by Crippen LogP contribution is -2.27. The van der Waals surface area contributed by atoms with Crippen molar-refractivity contribution in [2.45, 2.75) is 12.5 Å². The Morgan fingerprint density at radius 3 is 2.79 bits per heavy atom. The van der Waals surface area contributed by atoms with Crippen LogP contribution in [-0.2, 0) is 5.60 Å². The molecule has 1 aromatic heterocycles. The summed E-state index contributed by atoms with van der Waals surface area (Å²) in [5, 5.41) is 18.6. The summed E-state index contributed by atoms with van der Waals surface area (Å²) in [6, 6.07) is 1.11. The highest BCUT2D eigenvalue weighted by Gasteiger charge is 2.27. The first-order valence-electron chi connectivity index (χ1n) is 4.02. The van der Waals surface area contributed by atoms with Crippen LogP contribution in [0.15, 0.2) is 21.5 Å². The Morgan fingerprint density at radius 1 is 1.64 bits per heavy atom. The van der Waals surface area contributed by atoms with Gasteiger partial charge in [-0.05, 0) is 6.92 Å². The summed E-state index contributed by atoms with van der Waals surface area (Å²) in [6.45, 7) is 0.905. The quantitative estimate of drug-likeness (QED) is 0.709. The van der Waals surface area contributed by atoms with E-state index >= 15 is 0 Å². The van der Waals surface area contributed by atoms with Gasteiger partial charge in [0.1, 0.15) is 17.6 Å². The molecular weight excluding hydrogens is 188 g/mol. The van der Waals surface area contributed by atoms with E-state index in [1.807, 2.05) is 0 Å². The molecule has 0 aliphatic heterocycles. The second-order valence-electron chi connectivity index (χ2n) is 3.11. The summed E-state index contributed by atoms with van der Waals surface area (Å²) in [7, 11) is 1.37.